The molecule has 2 amide bonds. The van der Waals surface area contributed by atoms with E-state index in [-0.39, 0.29) is 29.7 Å². The first-order valence-electron chi connectivity index (χ1n) is 8.79. The van der Waals surface area contributed by atoms with Gasteiger partial charge in [-0.3, -0.25) is 9.59 Å². The van der Waals surface area contributed by atoms with Gasteiger partial charge in [-0.15, -0.1) is 0 Å². The van der Waals surface area contributed by atoms with Gasteiger partial charge in [0.25, 0.3) is 0 Å². The first-order chi connectivity index (χ1) is 12.3. The lowest BCUT2D eigenvalue weighted by Crippen LogP contribution is -2.53. The molecule has 0 bridgehead atoms. The SMILES string of the molecule is CC[C@H](C)NC(=O)CSc1nc(Cl)cc(N2CCN(C(C)=O)[C@H](C)C2)n1. The van der Waals surface area contributed by atoms with Crippen LogP contribution in [0.25, 0.3) is 0 Å². The van der Waals surface area contributed by atoms with Gasteiger partial charge in [-0.1, -0.05) is 30.3 Å². The molecule has 0 aromatic carbocycles. The van der Waals surface area contributed by atoms with Gasteiger partial charge in [0.05, 0.1) is 5.75 Å². The maximum absolute atomic E-state index is 11.9. The molecule has 1 saturated heterocycles. The smallest absolute Gasteiger partial charge is 0.230 e. The fraction of sp³-hybridized carbons (Fsp3) is 0.647. The molecule has 144 valence electrons. The predicted molar refractivity (Wildman–Crippen MR) is 105 cm³/mol. The number of hydrogen-bond donors (Lipinski definition) is 1. The summed E-state index contributed by atoms with van der Waals surface area (Å²) in [6, 6.07) is 1.98. The van der Waals surface area contributed by atoms with Crippen molar-refractivity contribution in [3.05, 3.63) is 11.2 Å². The number of amides is 2. The lowest BCUT2D eigenvalue weighted by molar-refractivity contribution is -0.131. The van der Waals surface area contributed by atoms with E-state index in [9.17, 15) is 9.59 Å². The van der Waals surface area contributed by atoms with Gasteiger partial charge >= 0.3 is 0 Å². The Balaban J connectivity index is 2.01. The molecule has 1 aromatic rings. The lowest BCUT2D eigenvalue weighted by Gasteiger charge is -2.40. The number of anilines is 1. The third-order valence-corrected chi connectivity index (χ3v) is 5.41. The summed E-state index contributed by atoms with van der Waals surface area (Å²) in [4.78, 5) is 36.3. The van der Waals surface area contributed by atoms with E-state index in [1.165, 1.54) is 11.8 Å². The molecule has 2 heterocycles. The van der Waals surface area contributed by atoms with E-state index in [0.29, 0.717) is 29.9 Å². The highest BCUT2D eigenvalue weighted by Gasteiger charge is 2.26. The summed E-state index contributed by atoms with van der Waals surface area (Å²) in [6.07, 6.45) is 0.888. The third-order valence-electron chi connectivity index (χ3n) is 4.37. The molecule has 1 fully saturated rings. The van der Waals surface area contributed by atoms with E-state index >= 15 is 0 Å². The average molecular weight is 400 g/mol. The van der Waals surface area contributed by atoms with Crippen molar-refractivity contribution >= 4 is 41.0 Å². The number of thioether (sulfide) groups is 1. The van der Waals surface area contributed by atoms with Crippen molar-refractivity contribution in [2.24, 2.45) is 0 Å². The van der Waals surface area contributed by atoms with E-state index in [0.717, 1.165) is 12.2 Å². The van der Waals surface area contributed by atoms with Crippen LogP contribution in [0.15, 0.2) is 11.2 Å². The molecule has 7 nitrogen and oxygen atoms in total. The van der Waals surface area contributed by atoms with Gasteiger partial charge in [0.2, 0.25) is 11.8 Å². The molecular formula is C17H26ClN5O2S. The number of hydrogen-bond acceptors (Lipinski definition) is 6. The van der Waals surface area contributed by atoms with E-state index in [4.69, 9.17) is 11.6 Å². The first kappa shape index (κ1) is 20.8. The van der Waals surface area contributed by atoms with Gasteiger partial charge in [0.15, 0.2) is 5.16 Å². The predicted octanol–water partition coefficient (Wildman–Crippen LogP) is 2.19. The maximum atomic E-state index is 11.9. The number of nitrogens with zero attached hydrogens (tertiary/aromatic N) is 4. The molecular weight excluding hydrogens is 374 g/mol. The molecule has 9 heteroatoms. The Kier molecular flexibility index (Phi) is 7.52. The third kappa shape index (κ3) is 5.74. The first-order valence-corrected chi connectivity index (χ1v) is 10.1. The quantitative estimate of drug-likeness (QED) is 0.449. The molecule has 1 aromatic heterocycles. The highest BCUT2D eigenvalue weighted by atomic mass is 35.5. The molecule has 1 aliphatic heterocycles. The minimum Gasteiger partial charge on any atom is -0.353 e. The summed E-state index contributed by atoms with van der Waals surface area (Å²) >= 11 is 7.42. The maximum Gasteiger partial charge on any atom is 0.230 e. The second-order valence-electron chi connectivity index (χ2n) is 6.50. The number of carbonyl (C=O) groups is 2. The number of nitrogens with one attached hydrogen (secondary N) is 1. The molecule has 2 atom stereocenters. The lowest BCUT2D eigenvalue weighted by atomic mass is 10.2. The standard InChI is InChI=1S/C17H26ClN5O2S/c1-5-11(2)19-16(25)10-26-17-20-14(18)8-15(21-17)22-6-7-23(13(4)24)12(3)9-22/h8,11-12H,5-7,9-10H2,1-4H3,(H,19,25)/t11-,12+/m0/s1. The van der Waals surface area contributed by atoms with Crippen LogP contribution in [-0.4, -0.2) is 64.2 Å². The topological polar surface area (TPSA) is 78.4 Å². The normalized spacial score (nSPS) is 18.6. The van der Waals surface area contributed by atoms with Gasteiger partial charge in [-0.05, 0) is 20.3 Å². The molecule has 2 rings (SSSR count). The molecule has 0 aliphatic carbocycles. The van der Waals surface area contributed by atoms with E-state index in [1.54, 1.807) is 13.0 Å². The highest BCUT2D eigenvalue weighted by molar-refractivity contribution is 7.99. The Labute approximate surface area is 163 Å². The van der Waals surface area contributed by atoms with E-state index in [2.05, 4.69) is 20.2 Å². The second-order valence-corrected chi connectivity index (χ2v) is 7.83. The van der Waals surface area contributed by atoms with Crippen LogP contribution in [0.5, 0.6) is 0 Å². The summed E-state index contributed by atoms with van der Waals surface area (Å²) in [5.41, 5.74) is 0. The molecule has 0 radical (unpaired) electrons. The van der Waals surface area contributed by atoms with Gasteiger partial charge < -0.3 is 15.1 Å². The fourth-order valence-electron chi connectivity index (χ4n) is 2.79. The Morgan fingerprint density at radius 1 is 1.42 bits per heavy atom. The molecule has 0 spiro atoms. The zero-order valence-electron chi connectivity index (χ0n) is 15.7. The van der Waals surface area contributed by atoms with Gasteiger partial charge in [0, 0.05) is 44.7 Å². The Morgan fingerprint density at radius 3 is 2.77 bits per heavy atom. The highest BCUT2D eigenvalue weighted by Crippen LogP contribution is 2.24. The van der Waals surface area contributed by atoms with Crippen molar-refractivity contribution in [2.75, 3.05) is 30.3 Å². The summed E-state index contributed by atoms with van der Waals surface area (Å²) in [7, 11) is 0. The van der Waals surface area contributed by atoms with Crippen LogP contribution >= 0.6 is 23.4 Å². The molecule has 0 unspecified atom stereocenters. The van der Waals surface area contributed by atoms with Crippen LogP contribution in [0.1, 0.15) is 34.1 Å². The van der Waals surface area contributed by atoms with Crippen molar-refractivity contribution in [3.63, 3.8) is 0 Å². The van der Waals surface area contributed by atoms with Crippen molar-refractivity contribution < 1.29 is 9.59 Å². The minimum atomic E-state index is -0.0434. The number of rotatable bonds is 6. The van der Waals surface area contributed by atoms with E-state index in [1.807, 2.05) is 25.7 Å². The van der Waals surface area contributed by atoms with Crippen LogP contribution in [0.4, 0.5) is 5.82 Å². The van der Waals surface area contributed by atoms with Crippen LogP contribution < -0.4 is 10.2 Å². The molecule has 1 N–H and O–H groups in total. The zero-order chi connectivity index (χ0) is 19.3. The van der Waals surface area contributed by atoms with Crippen LogP contribution in [0, 0.1) is 0 Å². The van der Waals surface area contributed by atoms with Gasteiger partial charge in [-0.2, -0.15) is 0 Å². The number of aromatic nitrogens is 2. The zero-order valence-corrected chi connectivity index (χ0v) is 17.2. The van der Waals surface area contributed by atoms with Crippen LogP contribution in [-0.2, 0) is 9.59 Å². The Hall–Kier alpha value is -1.54. The minimum absolute atomic E-state index is 0.0434. The Morgan fingerprint density at radius 2 is 2.15 bits per heavy atom. The van der Waals surface area contributed by atoms with Gasteiger partial charge in [0.1, 0.15) is 11.0 Å². The second kappa shape index (κ2) is 9.41. The Bertz CT molecular complexity index is 660. The average Bonchev–Trinajstić information content (AvgIpc) is 2.59. The molecule has 0 saturated carbocycles. The van der Waals surface area contributed by atoms with Crippen LogP contribution in [0.3, 0.4) is 0 Å². The van der Waals surface area contributed by atoms with E-state index < -0.39 is 0 Å². The summed E-state index contributed by atoms with van der Waals surface area (Å²) in [6.45, 7) is 9.63. The molecule has 26 heavy (non-hydrogen) atoms. The van der Waals surface area contributed by atoms with Crippen molar-refractivity contribution in [3.8, 4) is 0 Å². The van der Waals surface area contributed by atoms with Crippen LogP contribution in [0.2, 0.25) is 5.15 Å². The van der Waals surface area contributed by atoms with Crippen molar-refractivity contribution in [1.82, 2.24) is 20.2 Å². The monoisotopic (exact) mass is 399 g/mol. The fourth-order valence-corrected chi connectivity index (χ4v) is 3.69. The summed E-state index contributed by atoms with van der Waals surface area (Å²) < 4.78 is 0. The van der Waals surface area contributed by atoms with Crippen molar-refractivity contribution in [1.29, 1.82) is 0 Å². The summed E-state index contributed by atoms with van der Waals surface area (Å²) in [5, 5.41) is 3.75. The van der Waals surface area contributed by atoms with Gasteiger partial charge in [-0.25, -0.2) is 9.97 Å². The molecule has 1 aliphatic rings. The number of piperazine rings is 1. The van der Waals surface area contributed by atoms with Crippen molar-refractivity contribution in [2.45, 2.75) is 51.4 Å². The number of carbonyl (C=O) groups excluding carboxylic acids is 2. The largest absolute Gasteiger partial charge is 0.353 e. The summed E-state index contributed by atoms with van der Waals surface area (Å²) in [5.74, 6) is 1.02. The number of halogens is 1.